The van der Waals surface area contributed by atoms with Gasteiger partial charge in [0.25, 0.3) is 0 Å². The van der Waals surface area contributed by atoms with Gasteiger partial charge in [-0.25, -0.2) is 4.39 Å². The second kappa shape index (κ2) is 6.18. The molecule has 0 spiro atoms. The Labute approximate surface area is 137 Å². The van der Waals surface area contributed by atoms with E-state index in [-0.39, 0.29) is 0 Å². The van der Waals surface area contributed by atoms with Gasteiger partial charge in [-0.2, -0.15) is 69.9 Å². The molecule has 0 aliphatic carbocycles. The molecule has 0 unspecified atom stereocenters. The van der Waals surface area contributed by atoms with Crippen LogP contribution in [0.3, 0.4) is 0 Å². The fraction of sp³-hybridized carbons (Fsp3) is 1.00. The van der Waals surface area contributed by atoms with Crippen molar-refractivity contribution in [2.24, 2.45) is 0 Å². The van der Waals surface area contributed by atoms with Crippen molar-refractivity contribution in [3.8, 4) is 0 Å². The van der Waals surface area contributed by atoms with Crippen LogP contribution in [-0.2, 0) is 10.1 Å². The molecule has 164 valence electrons. The van der Waals surface area contributed by atoms with E-state index < -0.39 is 57.6 Å². The Morgan fingerprint density at radius 3 is 1.07 bits per heavy atom. The highest BCUT2D eigenvalue weighted by atomic mass is 32.2. The molecule has 0 aromatic heterocycles. The van der Waals surface area contributed by atoms with Gasteiger partial charge in [-0.3, -0.25) is 4.55 Å². The molecule has 0 bridgehead atoms. The van der Waals surface area contributed by atoms with Gasteiger partial charge in [0.05, 0.1) is 0 Å². The van der Waals surface area contributed by atoms with Crippen molar-refractivity contribution in [2.45, 2.75) is 40.8 Å². The minimum absolute atomic E-state index is 3.91. The van der Waals surface area contributed by atoms with Crippen LogP contribution in [0.15, 0.2) is 0 Å². The summed E-state index contributed by atoms with van der Waals surface area (Å²) < 4.78 is 219. The van der Waals surface area contributed by atoms with Gasteiger partial charge in [0.1, 0.15) is 0 Å². The van der Waals surface area contributed by atoms with Crippen molar-refractivity contribution in [3.05, 3.63) is 0 Å². The molecule has 0 radical (unpaired) electrons. The summed E-state index contributed by atoms with van der Waals surface area (Å²) in [5, 5.41) is -7.68. The molecule has 0 aromatic carbocycles. The van der Waals surface area contributed by atoms with Crippen LogP contribution in [0.5, 0.6) is 0 Å². The fourth-order valence-corrected chi connectivity index (χ4v) is 1.70. The molecule has 0 heterocycles. The Bertz CT molecular complexity index is 667. The highest BCUT2D eigenvalue weighted by Gasteiger charge is 2.94. The lowest BCUT2D eigenvalue weighted by Gasteiger charge is -2.41. The van der Waals surface area contributed by atoms with Gasteiger partial charge in [-0.15, -0.1) is 0 Å². The van der Waals surface area contributed by atoms with Gasteiger partial charge in [0.15, 0.2) is 6.67 Å². The van der Waals surface area contributed by atoms with Crippen molar-refractivity contribution >= 4 is 10.1 Å². The molecule has 0 aromatic rings. The summed E-state index contributed by atoms with van der Waals surface area (Å²) in [5.74, 6) is -48.3. The van der Waals surface area contributed by atoms with Gasteiger partial charge in [0.2, 0.25) is 0 Å². The lowest BCUT2D eigenvalue weighted by molar-refractivity contribution is -0.436. The summed E-state index contributed by atoms with van der Waals surface area (Å²) in [7, 11) is -7.75. The van der Waals surface area contributed by atoms with E-state index >= 15 is 0 Å². The zero-order valence-corrected chi connectivity index (χ0v) is 12.4. The first-order valence-electron chi connectivity index (χ1n) is 5.49. The van der Waals surface area contributed by atoms with Crippen molar-refractivity contribution in [1.29, 1.82) is 0 Å². The molecule has 0 saturated heterocycles. The maximum absolute atomic E-state index is 13.0. The maximum atomic E-state index is 13.0. The Hall–Kier alpha value is -1.14. The molecule has 19 heteroatoms. The summed E-state index contributed by atoms with van der Waals surface area (Å²) in [4.78, 5) is 0. The molecule has 3 nitrogen and oxygen atoms in total. The first-order chi connectivity index (χ1) is 11.3. The lowest BCUT2D eigenvalue weighted by Crippen LogP contribution is -2.73. The zero-order valence-electron chi connectivity index (χ0n) is 11.5. The zero-order chi connectivity index (χ0) is 22.7. The largest absolute Gasteiger partial charge is 0.438 e. The number of alkyl halides is 15. The summed E-state index contributed by atoms with van der Waals surface area (Å²) in [5.41, 5.74) is 0. The molecule has 27 heavy (non-hydrogen) atoms. The van der Waals surface area contributed by atoms with Gasteiger partial charge in [-0.1, -0.05) is 0 Å². The van der Waals surface area contributed by atoms with Crippen LogP contribution < -0.4 is 0 Å². The first kappa shape index (κ1) is 25.9. The first-order valence-corrected chi connectivity index (χ1v) is 6.93. The van der Waals surface area contributed by atoms with Crippen LogP contribution in [0.4, 0.5) is 65.9 Å². The summed E-state index contributed by atoms with van der Waals surface area (Å²) in [6.07, 6.45) is 0. The third-order valence-electron chi connectivity index (χ3n) is 2.89. The average molecular weight is 464 g/mol. The molecular formula is C8H3F15O3S. The molecule has 0 aliphatic rings. The van der Waals surface area contributed by atoms with Crippen LogP contribution in [0.2, 0.25) is 0 Å². The highest BCUT2D eigenvalue weighted by Crippen LogP contribution is 2.62. The van der Waals surface area contributed by atoms with Crippen LogP contribution >= 0.6 is 0 Å². The number of halogens is 15. The van der Waals surface area contributed by atoms with E-state index in [9.17, 15) is 74.3 Å². The molecule has 0 rings (SSSR count). The quantitative estimate of drug-likeness (QED) is 0.432. The Kier molecular flexibility index (Phi) is 5.92. The number of rotatable bonds is 8. The minimum Gasteiger partial charge on any atom is -0.281 e. The van der Waals surface area contributed by atoms with Gasteiger partial charge in [-0.05, 0) is 0 Å². The smallest absolute Gasteiger partial charge is 0.281 e. The lowest BCUT2D eigenvalue weighted by atomic mass is 9.91. The predicted molar refractivity (Wildman–Crippen MR) is 52.2 cm³/mol. The van der Waals surface area contributed by atoms with E-state index in [0.717, 1.165) is 0 Å². The van der Waals surface area contributed by atoms with E-state index in [1.807, 2.05) is 0 Å². The SMILES string of the molecule is O=S(=O)(O)C(F)(F)C(F)(F)C(F)(F)C(F)(F)C(F)(F)C(F)(F)C(F)(F)CF. The molecule has 0 atom stereocenters. The van der Waals surface area contributed by atoms with Gasteiger partial charge >= 0.3 is 50.9 Å². The van der Waals surface area contributed by atoms with Crippen LogP contribution in [0.25, 0.3) is 0 Å². The van der Waals surface area contributed by atoms with Crippen molar-refractivity contribution in [3.63, 3.8) is 0 Å². The summed E-state index contributed by atoms with van der Waals surface area (Å²) in [6.45, 7) is -3.91. The normalized spacial score (nSPS) is 16.6. The minimum atomic E-state index is -8.53. The second-order valence-corrected chi connectivity index (χ2v) is 6.16. The van der Waals surface area contributed by atoms with E-state index in [2.05, 4.69) is 0 Å². The van der Waals surface area contributed by atoms with Crippen LogP contribution in [0.1, 0.15) is 0 Å². The third kappa shape index (κ3) is 3.09. The van der Waals surface area contributed by atoms with E-state index in [4.69, 9.17) is 4.55 Å². The molecular weight excluding hydrogens is 461 g/mol. The van der Waals surface area contributed by atoms with E-state index in [0.29, 0.717) is 0 Å². The average Bonchev–Trinajstić information content (AvgIpc) is 2.44. The maximum Gasteiger partial charge on any atom is 0.438 e. The summed E-state index contributed by atoms with van der Waals surface area (Å²) >= 11 is 0. The van der Waals surface area contributed by atoms with E-state index in [1.165, 1.54) is 0 Å². The van der Waals surface area contributed by atoms with Crippen LogP contribution in [0, 0.1) is 0 Å². The highest BCUT2D eigenvalue weighted by molar-refractivity contribution is 7.87. The fourth-order valence-electron chi connectivity index (χ4n) is 1.25. The number of hydrogen-bond donors (Lipinski definition) is 1. The van der Waals surface area contributed by atoms with Crippen molar-refractivity contribution in [1.82, 2.24) is 0 Å². The van der Waals surface area contributed by atoms with Gasteiger partial charge < -0.3 is 0 Å². The predicted octanol–water partition coefficient (Wildman–Crippen LogP) is 4.25. The number of hydrogen-bond acceptors (Lipinski definition) is 2. The van der Waals surface area contributed by atoms with Gasteiger partial charge in [0, 0.05) is 0 Å². The molecule has 0 saturated carbocycles. The van der Waals surface area contributed by atoms with E-state index in [1.54, 1.807) is 0 Å². The molecule has 1 N–H and O–H groups in total. The standard InChI is InChI=1S/C8H3F15O3S/c9-1-2(10,11)3(12,13)4(14,15)5(16,17)6(18,19)7(20,21)8(22,23)27(24,25)26/h1H2,(H,24,25,26). The Morgan fingerprint density at radius 2 is 0.815 bits per heavy atom. The van der Waals surface area contributed by atoms with Crippen molar-refractivity contribution < 1.29 is 78.8 Å². The molecule has 0 aliphatic heterocycles. The van der Waals surface area contributed by atoms with Crippen LogP contribution in [-0.4, -0.2) is 60.4 Å². The Morgan fingerprint density at radius 1 is 0.556 bits per heavy atom. The second-order valence-electron chi connectivity index (χ2n) is 4.70. The monoisotopic (exact) mass is 464 g/mol. The summed E-state index contributed by atoms with van der Waals surface area (Å²) in [6, 6.07) is 0. The van der Waals surface area contributed by atoms with Crippen molar-refractivity contribution in [2.75, 3.05) is 6.67 Å². The topological polar surface area (TPSA) is 54.4 Å². The molecule has 0 fully saturated rings. The molecule has 0 amide bonds. The third-order valence-corrected chi connectivity index (χ3v) is 3.80. The Balaban J connectivity index is 6.74.